The molecule has 210 valence electrons. The minimum Gasteiger partial charge on any atom is -0.461 e. The fourth-order valence-corrected chi connectivity index (χ4v) is 5.30. The molecular formula is C31H34N8O2. The van der Waals surface area contributed by atoms with Crippen LogP contribution in [0.15, 0.2) is 67.0 Å². The lowest BCUT2D eigenvalue weighted by Crippen LogP contribution is -2.40. The summed E-state index contributed by atoms with van der Waals surface area (Å²) >= 11 is 0. The van der Waals surface area contributed by atoms with E-state index in [1.165, 1.54) is 0 Å². The molecule has 1 aromatic carbocycles. The zero-order chi connectivity index (χ0) is 28.0. The van der Waals surface area contributed by atoms with Crippen molar-refractivity contribution < 1.29 is 9.53 Å². The second-order valence-electron chi connectivity index (χ2n) is 10.6. The molecule has 10 heteroatoms. The van der Waals surface area contributed by atoms with Gasteiger partial charge in [0.15, 0.2) is 5.82 Å². The molecule has 0 bridgehead atoms. The molecule has 2 N–H and O–H groups in total. The zero-order valence-corrected chi connectivity index (χ0v) is 23.2. The fourth-order valence-electron chi connectivity index (χ4n) is 5.30. The van der Waals surface area contributed by atoms with Crippen molar-refractivity contribution in [2.45, 2.75) is 38.7 Å². The summed E-state index contributed by atoms with van der Waals surface area (Å²) in [4.78, 5) is 37.7. The number of pyridine rings is 1. The molecule has 0 amide bonds. The molecule has 2 atom stereocenters. The number of hydrogen-bond acceptors (Lipinski definition) is 10. The summed E-state index contributed by atoms with van der Waals surface area (Å²) in [5.41, 5.74) is 3.87. The average Bonchev–Trinajstić information content (AvgIpc) is 3.51. The lowest BCUT2D eigenvalue weighted by atomic mass is 9.97. The van der Waals surface area contributed by atoms with Gasteiger partial charge in [0.25, 0.3) is 0 Å². The molecule has 2 aliphatic heterocycles. The first kappa shape index (κ1) is 26.8. The maximum Gasteiger partial charge on any atom is 0.311 e. The highest BCUT2D eigenvalue weighted by Gasteiger charge is 2.30. The van der Waals surface area contributed by atoms with Crippen molar-refractivity contribution >= 4 is 23.3 Å². The normalized spacial score (nSPS) is 18.7. The molecule has 6 rings (SSSR count). The van der Waals surface area contributed by atoms with Crippen molar-refractivity contribution in [3.8, 4) is 11.5 Å². The van der Waals surface area contributed by atoms with Crippen LogP contribution in [0.3, 0.4) is 0 Å². The first-order valence-corrected chi connectivity index (χ1v) is 14.2. The number of esters is 1. The SMILES string of the molecule is Cc1cccc(-c2nccc(Nc3ccnc(Cc4ccc(N5CCCC(C(=O)O[C@@H]6CCNC6)C5)cc4)n3)n2)n1. The Morgan fingerprint density at radius 1 is 1.00 bits per heavy atom. The Bertz CT molecular complexity index is 1490. The summed E-state index contributed by atoms with van der Waals surface area (Å²) in [5.74, 6) is 2.42. The Hall–Kier alpha value is -4.44. The van der Waals surface area contributed by atoms with Gasteiger partial charge in [-0.05, 0) is 74.7 Å². The van der Waals surface area contributed by atoms with Gasteiger partial charge in [-0.15, -0.1) is 0 Å². The standard InChI is InChI=1S/C31H34N8O2/c1-21-4-2-6-26(35-21)30-34-16-13-28(38-30)36-27-12-15-33-29(37-27)18-22-7-9-24(10-8-22)39-17-3-5-23(20-39)31(40)41-25-11-14-32-19-25/h2,4,6-10,12-13,15-16,23,25,32H,3,5,11,14,17-20H2,1H3,(H,33,34,36,37,38)/t23?,25-/m1/s1. The van der Waals surface area contributed by atoms with Crippen LogP contribution in [0.25, 0.3) is 11.5 Å². The molecule has 0 aliphatic carbocycles. The Kier molecular flexibility index (Phi) is 8.09. The van der Waals surface area contributed by atoms with Crippen LogP contribution >= 0.6 is 0 Å². The highest BCUT2D eigenvalue weighted by atomic mass is 16.5. The first-order valence-electron chi connectivity index (χ1n) is 14.2. The third-order valence-electron chi connectivity index (χ3n) is 7.45. The molecule has 0 saturated carbocycles. The minimum atomic E-state index is -0.0771. The van der Waals surface area contributed by atoms with Crippen LogP contribution in [-0.2, 0) is 16.0 Å². The Morgan fingerprint density at radius 3 is 2.63 bits per heavy atom. The molecular weight excluding hydrogens is 516 g/mol. The van der Waals surface area contributed by atoms with Gasteiger partial charge in [0.2, 0.25) is 0 Å². The Balaban J connectivity index is 1.07. The van der Waals surface area contributed by atoms with Crippen molar-refractivity contribution in [1.29, 1.82) is 0 Å². The van der Waals surface area contributed by atoms with E-state index in [0.717, 1.165) is 61.5 Å². The van der Waals surface area contributed by atoms with Crippen molar-refractivity contribution in [2.75, 3.05) is 36.4 Å². The van der Waals surface area contributed by atoms with Gasteiger partial charge in [-0.25, -0.2) is 24.9 Å². The van der Waals surface area contributed by atoms with Gasteiger partial charge in [0.1, 0.15) is 29.3 Å². The molecule has 2 fully saturated rings. The molecule has 41 heavy (non-hydrogen) atoms. The van der Waals surface area contributed by atoms with Gasteiger partial charge >= 0.3 is 5.97 Å². The number of hydrogen-bond donors (Lipinski definition) is 2. The minimum absolute atomic E-state index is 0.0161. The van der Waals surface area contributed by atoms with Crippen LogP contribution < -0.4 is 15.5 Å². The van der Waals surface area contributed by atoms with E-state index >= 15 is 0 Å². The summed E-state index contributed by atoms with van der Waals surface area (Å²) in [5, 5.41) is 6.52. The number of benzene rings is 1. The number of nitrogens with zero attached hydrogens (tertiary/aromatic N) is 6. The van der Waals surface area contributed by atoms with E-state index in [2.05, 4.69) is 59.7 Å². The van der Waals surface area contributed by atoms with Crippen LogP contribution in [0, 0.1) is 12.8 Å². The van der Waals surface area contributed by atoms with E-state index in [0.29, 0.717) is 36.3 Å². The fraction of sp³-hybridized carbons (Fsp3) is 0.355. The molecule has 4 aromatic rings. The molecule has 3 aromatic heterocycles. The molecule has 10 nitrogen and oxygen atoms in total. The van der Waals surface area contributed by atoms with Crippen LogP contribution in [0.2, 0.25) is 0 Å². The second kappa shape index (κ2) is 12.4. The summed E-state index contributed by atoms with van der Waals surface area (Å²) in [6, 6.07) is 17.9. The molecule has 0 radical (unpaired) electrons. The quantitative estimate of drug-likeness (QED) is 0.311. The summed E-state index contributed by atoms with van der Waals surface area (Å²) in [7, 11) is 0. The maximum atomic E-state index is 12.7. The highest BCUT2D eigenvalue weighted by molar-refractivity contribution is 5.74. The van der Waals surface area contributed by atoms with E-state index in [1.54, 1.807) is 18.5 Å². The molecule has 2 aliphatic rings. The third kappa shape index (κ3) is 6.83. The zero-order valence-electron chi connectivity index (χ0n) is 23.2. The molecule has 0 spiro atoms. The first-order chi connectivity index (χ1) is 20.1. The number of piperidine rings is 1. The van der Waals surface area contributed by atoms with E-state index in [1.807, 2.05) is 31.2 Å². The Labute approximate surface area is 239 Å². The lowest BCUT2D eigenvalue weighted by Gasteiger charge is -2.33. The second-order valence-corrected chi connectivity index (χ2v) is 10.6. The predicted octanol–water partition coefficient (Wildman–Crippen LogP) is 4.09. The van der Waals surface area contributed by atoms with Gasteiger partial charge in [-0.1, -0.05) is 18.2 Å². The maximum absolute atomic E-state index is 12.7. The number of aromatic nitrogens is 5. The van der Waals surface area contributed by atoms with E-state index < -0.39 is 0 Å². The van der Waals surface area contributed by atoms with Gasteiger partial charge in [0.05, 0.1) is 5.92 Å². The van der Waals surface area contributed by atoms with Gasteiger partial charge in [-0.3, -0.25) is 4.79 Å². The number of aryl methyl sites for hydroxylation is 1. The monoisotopic (exact) mass is 550 g/mol. The number of rotatable bonds is 8. The topological polar surface area (TPSA) is 118 Å². The van der Waals surface area contributed by atoms with Gasteiger partial charge < -0.3 is 20.3 Å². The Morgan fingerprint density at radius 2 is 1.83 bits per heavy atom. The van der Waals surface area contributed by atoms with Gasteiger partial charge in [0, 0.05) is 49.8 Å². The number of anilines is 3. The van der Waals surface area contributed by atoms with Crippen molar-refractivity contribution in [1.82, 2.24) is 30.2 Å². The summed E-state index contributed by atoms with van der Waals surface area (Å²) < 4.78 is 5.74. The molecule has 5 heterocycles. The van der Waals surface area contributed by atoms with Gasteiger partial charge in [-0.2, -0.15) is 0 Å². The number of nitrogens with one attached hydrogen (secondary N) is 2. The van der Waals surface area contributed by atoms with Crippen LogP contribution in [-0.4, -0.2) is 63.2 Å². The summed E-state index contributed by atoms with van der Waals surface area (Å²) in [6.45, 7) is 5.26. The predicted molar refractivity (Wildman–Crippen MR) is 157 cm³/mol. The number of carbonyl (C=O) groups is 1. The van der Waals surface area contributed by atoms with Crippen molar-refractivity contribution in [2.24, 2.45) is 5.92 Å². The molecule has 1 unspecified atom stereocenters. The van der Waals surface area contributed by atoms with E-state index in [4.69, 9.17) is 9.72 Å². The average molecular weight is 551 g/mol. The number of ether oxygens (including phenoxy) is 1. The highest BCUT2D eigenvalue weighted by Crippen LogP contribution is 2.26. The van der Waals surface area contributed by atoms with E-state index in [-0.39, 0.29) is 18.0 Å². The van der Waals surface area contributed by atoms with Crippen LogP contribution in [0.5, 0.6) is 0 Å². The van der Waals surface area contributed by atoms with Crippen molar-refractivity contribution in [3.05, 3.63) is 84.1 Å². The van der Waals surface area contributed by atoms with Crippen LogP contribution in [0.1, 0.15) is 36.3 Å². The summed E-state index contributed by atoms with van der Waals surface area (Å²) in [6.07, 6.45) is 6.84. The lowest BCUT2D eigenvalue weighted by molar-refractivity contribution is -0.153. The van der Waals surface area contributed by atoms with Crippen molar-refractivity contribution in [3.63, 3.8) is 0 Å². The third-order valence-corrected chi connectivity index (χ3v) is 7.45. The van der Waals surface area contributed by atoms with E-state index in [9.17, 15) is 4.79 Å². The van der Waals surface area contributed by atoms with Crippen LogP contribution in [0.4, 0.5) is 17.3 Å². The smallest absolute Gasteiger partial charge is 0.311 e. The largest absolute Gasteiger partial charge is 0.461 e. The number of carbonyl (C=O) groups excluding carboxylic acids is 1. The molecule has 2 saturated heterocycles.